The van der Waals surface area contributed by atoms with E-state index >= 15 is 0 Å². The van der Waals surface area contributed by atoms with Crippen molar-refractivity contribution < 1.29 is 14.3 Å². The molecule has 0 aliphatic carbocycles. The van der Waals surface area contributed by atoms with E-state index in [4.69, 9.17) is 10.5 Å². The van der Waals surface area contributed by atoms with Crippen LogP contribution in [0, 0.1) is 11.8 Å². The number of primary amides is 1. The number of hydrogen-bond donors (Lipinski definition) is 2. The molecule has 1 aromatic carbocycles. The van der Waals surface area contributed by atoms with Gasteiger partial charge in [0.2, 0.25) is 5.91 Å². The van der Waals surface area contributed by atoms with E-state index in [0.717, 1.165) is 37.9 Å². The fraction of sp³-hybridized carbons (Fsp3) is 0.600. The van der Waals surface area contributed by atoms with Gasteiger partial charge in [-0.15, -0.1) is 0 Å². The monoisotopic (exact) mass is 346 g/mol. The lowest BCUT2D eigenvalue weighted by atomic mass is 9.84. The first kappa shape index (κ1) is 19.4. The molecule has 1 atom stereocenters. The molecule has 3 N–H and O–H groups in total. The second kappa shape index (κ2) is 8.99. The molecule has 0 spiro atoms. The van der Waals surface area contributed by atoms with Gasteiger partial charge in [0.15, 0.2) is 0 Å². The van der Waals surface area contributed by atoms with Crippen LogP contribution in [-0.2, 0) is 19.9 Å². The lowest BCUT2D eigenvalue weighted by Gasteiger charge is -2.38. The van der Waals surface area contributed by atoms with Crippen LogP contribution >= 0.6 is 0 Å². The Bertz CT molecular complexity index is 566. The van der Waals surface area contributed by atoms with Gasteiger partial charge in [-0.1, -0.05) is 44.2 Å². The number of carbonyl (C=O) groups is 2. The van der Waals surface area contributed by atoms with Gasteiger partial charge in [0, 0.05) is 25.7 Å². The molecule has 1 unspecified atom stereocenters. The second-order valence-corrected chi connectivity index (χ2v) is 7.45. The van der Waals surface area contributed by atoms with Crippen LogP contribution in [0.1, 0.15) is 51.5 Å². The van der Waals surface area contributed by atoms with Gasteiger partial charge in [-0.05, 0) is 36.9 Å². The molecule has 138 valence electrons. The van der Waals surface area contributed by atoms with Gasteiger partial charge < -0.3 is 15.8 Å². The zero-order valence-electron chi connectivity index (χ0n) is 15.3. The summed E-state index contributed by atoms with van der Waals surface area (Å²) in [4.78, 5) is 24.0. The van der Waals surface area contributed by atoms with Gasteiger partial charge in [0.25, 0.3) is 0 Å². The highest BCUT2D eigenvalue weighted by atomic mass is 16.6. The van der Waals surface area contributed by atoms with Crippen LogP contribution in [0.25, 0.3) is 0 Å². The van der Waals surface area contributed by atoms with Gasteiger partial charge in [-0.3, -0.25) is 9.59 Å². The van der Waals surface area contributed by atoms with Crippen LogP contribution < -0.4 is 11.1 Å². The van der Waals surface area contributed by atoms with Crippen molar-refractivity contribution in [3.05, 3.63) is 35.9 Å². The second-order valence-electron chi connectivity index (χ2n) is 7.45. The van der Waals surface area contributed by atoms with Gasteiger partial charge >= 0.3 is 5.97 Å². The Balaban J connectivity index is 2.09. The molecule has 1 aliphatic heterocycles. The SMILES string of the molecule is CC(C)CC(CC(N)=O)CC(=O)OC1(c2ccccc2)CCNCC1. The Hall–Kier alpha value is -1.88. The number of carbonyl (C=O) groups excluding carboxylic acids is 2. The quantitative estimate of drug-likeness (QED) is 0.709. The molecule has 1 aromatic rings. The van der Waals surface area contributed by atoms with Crippen molar-refractivity contribution in [1.29, 1.82) is 0 Å². The van der Waals surface area contributed by atoms with Crippen LogP contribution in [-0.4, -0.2) is 25.0 Å². The summed E-state index contributed by atoms with van der Waals surface area (Å²) < 4.78 is 6.03. The Morgan fingerprint density at radius 1 is 1.16 bits per heavy atom. The number of esters is 1. The lowest BCUT2D eigenvalue weighted by Crippen LogP contribution is -2.43. The summed E-state index contributed by atoms with van der Waals surface area (Å²) in [5.41, 5.74) is 5.82. The van der Waals surface area contributed by atoms with E-state index in [1.54, 1.807) is 0 Å². The predicted molar refractivity (Wildman–Crippen MR) is 97.7 cm³/mol. The standard InChI is InChI=1S/C20H30N2O3/c1-15(2)12-16(13-18(21)23)14-19(24)25-20(8-10-22-11-9-20)17-6-4-3-5-7-17/h3-7,15-16,22H,8-14H2,1-2H3,(H2,21,23). The topological polar surface area (TPSA) is 81.4 Å². The Morgan fingerprint density at radius 3 is 2.36 bits per heavy atom. The fourth-order valence-corrected chi connectivity index (χ4v) is 3.71. The van der Waals surface area contributed by atoms with Crippen molar-refractivity contribution in [2.75, 3.05) is 13.1 Å². The molecule has 1 aliphatic rings. The molecular weight excluding hydrogens is 316 g/mol. The Kier molecular flexibility index (Phi) is 7.00. The third-order valence-electron chi connectivity index (χ3n) is 4.77. The van der Waals surface area contributed by atoms with Crippen molar-refractivity contribution in [2.24, 2.45) is 17.6 Å². The number of ether oxygens (including phenoxy) is 1. The van der Waals surface area contributed by atoms with Gasteiger partial charge in [-0.25, -0.2) is 0 Å². The first-order chi connectivity index (χ1) is 11.9. The maximum Gasteiger partial charge on any atom is 0.306 e. The third-order valence-corrected chi connectivity index (χ3v) is 4.77. The summed E-state index contributed by atoms with van der Waals surface area (Å²) in [6.45, 7) is 5.80. The summed E-state index contributed by atoms with van der Waals surface area (Å²) in [7, 11) is 0. The minimum Gasteiger partial charge on any atom is -0.454 e. The highest BCUT2D eigenvalue weighted by Gasteiger charge is 2.38. The number of nitrogens with two attached hydrogens (primary N) is 1. The van der Waals surface area contributed by atoms with Crippen LogP contribution in [0.4, 0.5) is 0 Å². The summed E-state index contributed by atoms with van der Waals surface area (Å²) in [5.74, 6) is -0.255. The van der Waals surface area contributed by atoms with Crippen molar-refractivity contribution in [3.63, 3.8) is 0 Å². The maximum absolute atomic E-state index is 12.7. The smallest absolute Gasteiger partial charge is 0.306 e. The number of rotatable bonds is 8. The first-order valence-corrected chi connectivity index (χ1v) is 9.17. The third kappa shape index (κ3) is 5.85. The molecular formula is C20H30N2O3. The number of benzene rings is 1. The Morgan fingerprint density at radius 2 is 1.80 bits per heavy atom. The molecule has 0 bridgehead atoms. The van der Waals surface area contributed by atoms with Crippen molar-refractivity contribution in [2.45, 2.75) is 51.6 Å². The molecule has 0 radical (unpaired) electrons. The van der Waals surface area contributed by atoms with Crippen molar-refractivity contribution in [3.8, 4) is 0 Å². The highest BCUT2D eigenvalue weighted by molar-refractivity contribution is 5.76. The maximum atomic E-state index is 12.7. The minimum absolute atomic E-state index is 0.0560. The van der Waals surface area contributed by atoms with Crippen LogP contribution in [0.15, 0.2) is 30.3 Å². The van der Waals surface area contributed by atoms with E-state index in [9.17, 15) is 9.59 Å². The summed E-state index contributed by atoms with van der Waals surface area (Å²) in [6.07, 6.45) is 2.77. The molecule has 5 heteroatoms. The average Bonchev–Trinajstić information content (AvgIpc) is 2.55. The van der Waals surface area contributed by atoms with E-state index in [1.807, 2.05) is 30.3 Å². The molecule has 1 saturated heterocycles. The number of nitrogens with one attached hydrogen (secondary N) is 1. The average molecular weight is 346 g/mol. The van der Waals surface area contributed by atoms with Crippen LogP contribution in [0.3, 0.4) is 0 Å². The summed E-state index contributed by atoms with van der Waals surface area (Å²) >= 11 is 0. The molecule has 25 heavy (non-hydrogen) atoms. The minimum atomic E-state index is -0.571. The number of hydrogen-bond acceptors (Lipinski definition) is 4. The normalized spacial score (nSPS) is 17.9. The number of amides is 1. The number of piperidine rings is 1. The molecule has 1 amide bonds. The van der Waals surface area contributed by atoms with E-state index in [2.05, 4.69) is 19.2 Å². The van der Waals surface area contributed by atoms with Crippen molar-refractivity contribution in [1.82, 2.24) is 5.32 Å². The van der Waals surface area contributed by atoms with E-state index < -0.39 is 5.60 Å². The molecule has 1 fully saturated rings. The molecule has 0 aromatic heterocycles. The molecule has 2 rings (SSSR count). The van der Waals surface area contributed by atoms with E-state index in [1.165, 1.54) is 0 Å². The van der Waals surface area contributed by atoms with Gasteiger partial charge in [-0.2, -0.15) is 0 Å². The van der Waals surface area contributed by atoms with Gasteiger partial charge in [0.05, 0.1) is 0 Å². The summed E-state index contributed by atoms with van der Waals surface area (Å²) in [5, 5.41) is 3.32. The Labute approximate surface area is 150 Å². The first-order valence-electron chi connectivity index (χ1n) is 9.17. The van der Waals surface area contributed by atoms with E-state index in [-0.39, 0.29) is 30.6 Å². The predicted octanol–water partition coefficient (Wildman–Crippen LogP) is 2.74. The fourth-order valence-electron chi connectivity index (χ4n) is 3.71. The van der Waals surface area contributed by atoms with Gasteiger partial charge in [0.1, 0.15) is 5.60 Å². The van der Waals surface area contributed by atoms with Crippen LogP contribution in [0.5, 0.6) is 0 Å². The lowest BCUT2D eigenvalue weighted by molar-refractivity contribution is -0.165. The van der Waals surface area contributed by atoms with E-state index in [0.29, 0.717) is 5.92 Å². The molecule has 5 nitrogen and oxygen atoms in total. The molecule has 0 saturated carbocycles. The van der Waals surface area contributed by atoms with Crippen LogP contribution in [0.2, 0.25) is 0 Å². The summed E-state index contributed by atoms with van der Waals surface area (Å²) in [6, 6.07) is 9.95. The zero-order valence-corrected chi connectivity index (χ0v) is 15.3. The zero-order chi connectivity index (χ0) is 18.3. The highest BCUT2D eigenvalue weighted by Crippen LogP contribution is 2.35. The largest absolute Gasteiger partial charge is 0.454 e. The molecule has 1 heterocycles. The van der Waals surface area contributed by atoms with Crippen molar-refractivity contribution >= 4 is 11.9 Å².